The minimum Gasteiger partial charge on any atom is -0.493 e. The topological polar surface area (TPSA) is 92.9 Å². The monoisotopic (exact) mass is 517 g/mol. The van der Waals surface area contributed by atoms with Crippen molar-refractivity contribution in [3.63, 3.8) is 0 Å². The van der Waals surface area contributed by atoms with E-state index in [1.54, 1.807) is 44.6 Å². The molecule has 2 N–H and O–H groups in total. The molecule has 0 atom stereocenters. The number of pyridine rings is 1. The SMILES string of the molecule is COC(=O)c1ccccc1NC(=S)N(Cc1ccccc1)Cc1cc2cc(OC)c(OC)cc2[nH]c1=O. The second kappa shape index (κ2) is 11.6. The summed E-state index contributed by atoms with van der Waals surface area (Å²) >= 11 is 5.76. The van der Waals surface area contributed by atoms with Crippen LogP contribution >= 0.6 is 12.2 Å². The fraction of sp³-hybridized carbons (Fsp3) is 0.179. The number of hydrogen-bond acceptors (Lipinski definition) is 6. The molecular formula is C28H27N3O5S. The maximum absolute atomic E-state index is 13.1. The lowest BCUT2D eigenvalue weighted by Gasteiger charge is -2.26. The van der Waals surface area contributed by atoms with Crippen LogP contribution in [-0.2, 0) is 17.8 Å². The van der Waals surface area contributed by atoms with Crippen LogP contribution in [0, 0.1) is 0 Å². The number of hydrogen-bond donors (Lipinski definition) is 2. The van der Waals surface area contributed by atoms with Gasteiger partial charge in [0.1, 0.15) is 0 Å². The number of H-pyrrole nitrogens is 1. The van der Waals surface area contributed by atoms with Gasteiger partial charge in [-0.15, -0.1) is 0 Å². The molecule has 3 aromatic carbocycles. The number of nitrogens with one attached hydrogen (secondary N) is 2. The number of para-hydroxylation sites is 1. The first-order valence-corrected chi connectivity index (χ1v) is 11.9. The molecule has 0 amide bonds. The Bertz CT molecular complexity index is 1490. The zero-order chi connectivity index (χ0) is 26.4. The van der Waals surface area contributed by atoms with E-state index < -0.39 is 5.97 Å². The first kappa shape index (κ1) is 25.7. The van der Waals surface area contributed by atoms with Crippen molar-refractivity contribution in [1.82, 2.24) is 9.88 Å². The second-order valence-corrected chi connectivity index (χ2v) is 8.61. The minimum atomic E-state index is -0.476. The first-order valence-electron chi connectivity index (χ1n) is 11.5. The smallest absolute Gasteiger partial charge is 0.339 e. The number of aromatic nitrogens is 1. The average Bonchev–Trinajstić information content (AvgIpc) is 2.92. The van der Waals surface area contributed by atoms with Crippen molar-refractivity contribution in [3.05, 3.63) is 99.8 Å². The zero-order valence-electron chi connectivity index (χ0n) is 20.7. The van der Waals surface area contributed by atoms with Gasteiger partial charge in [0.2, 0.25) is 0 Å². The van der Waals surface area contributed by atoms with Crippen LogP contribution in [0.25, 0.3) is 10.9 Å². The van der Waals surface area contributed by atoms with Crippen LogP contribution in [0.4, 0.5) is 5.69 Å². The van der Waals surface area contributed by atoms with E-state index in [-0.39, 0.29) is 12.1 Å². The van der Waals surface area contributed by atoms with Crippen LogP contribution in [0.2, 0.25) is 0 Å². The van der Waals surface area contributed by atoms with Gasteiger partial charge in [0.25, 0.3) is 5.56 Å². The van der Waals surface area contributed by atoms with Gasteiger partial charge in [-0.2, -0.15) is 0 Å². The molecule has 8 nitrogen and oxygen atoms in total. The van der Waals surface area contributed by atoms with Crippen molar-refractivity contribution in [2.24, 2.45) is 0 Å². The van der Waals surface area contributed by atoms with E-state index in [0.717, 1.165) is 10.9 Å². The molecular weight excluding hydrogens is 490 g/mol. The molecule has 0 saturated carbocycles. The van der Waals surface area contributed by atoms with Crippen molar-refractivity contribution in [1.29, 1.82) is 0 Å². The Hall–Kier alpha value is -4.37. The van der Waals surface area contributed by atoms with Gasteiger partial charge in [0.05, 0.1) is 44.6 Å². The summed E-state index contributed by atoms with van der Waals surface area (Å²) in [5, 5.41) is 4.31. The number of aromatic amines is 1. The predicted octanol–water partition coefficient (Wildman–Crippen LogP) is 4.73. The lowest BCUT2D eigenvalue weighted by atomic mass is 10.1. The number of fused-ring (bicyclic) bond motifs is 1. The number of carbonyl (C=O) groups excluding carboxylic acids is 1. The summed E-state index contributed by atoms with van der Waals surface area (Å²) in [7, 11) is 4.44. The maximum Gasteiger partial charge on any atom is 0.339 e. The molecule has 1 heterocycles. The Kier molecular flexibility index (Phi) is 8.05. The molecule has 0 fully saturated rings. The van der Waals surface area contributed by atoms with Crippen LogP contribution in [0.1, 0.15) is 21.5 Å². The van der Waals surface area contributed by atoms with Gasteiger partial charge in [-0.3, -0.25) is 4.79 Å². The van der Waals surface area contributed by atoms with E-state index in [2.05, 4.69) is 10.3 Å². The summed E-state index contributed by atoms with van der Waals surface area (Å²) in [6.07, 6.45) is 0. The van der Waals surface area contributed by atoms with E-state index in [4.69, 9.17) is 26.4 Å². The molecule has 0 aliphatic heterocycles. The van der Waals surface area contributed by atoms with Crippen LogP contribution in [0.3, 0.4) is 0 Å². The van der Waals surface area contributed by atoms with Crippen LogP contribution < -0.4 is 20.3 Å². The molecule has 0 saturated heterocycles. The molecule has 0 unspecified atom stereocenters. The van der Waals surface area contributed by atoms with E-state index in [9.17, 15) is 9.59 Å². The van der Waals surface area contributed by atoms with Gasteiger partial charge in [0.15, 0.2) is 16.6 Å². The molecule has 37 heavy (non-hydrogen) atoms. The number of ether oxygens (including phenoxy) is 3. The third-order valence-corrected chi connectivity index (χ3v) is 6.22. The van der Waals surface area contributed by atoms with Crippen molar-refractivity contribution < 1.29 is 19.0 Å². The molecule has 0 aliphatic rings. The number of anilines is 1. The van der Waals surface area contributed by atoms with Gasteiger partial charge in [-0.25, -0.2) is 4.79 Å². The number of carbonyl (C=O) groups is 1. The maximum atomic E-state index is 13.1. The van der Waals surface area contributed by atoms with Crippen LogP contribution in [-0.4, -0.2) is 42.3 Å². The third kappa shape index (κ3) is 5.90. The Morgan fingerprint density at radius 3 is 2.30 bits per heavy atom. The molecule has 0 radical (unpaired) electrons. The highest BCUT2D eigenvalue weighted by atomic mass is 32.1. The van der Waals surface area contributed by atoms with Gasteiger partial charge in [0, 0.05) is 23.6 Å². The summed E-state index contributed by atoms with van der Waals surface area (Å²) < 4.78 is 15.7. The fourth-order valence-corrected chi connectivity index (χ4v) is 4.22. The molecule has 1 aromatic heterocycles. The molecule has 0 spiro atoms. The number of benzene rings is 3. The molecule has 9 heteroatoms. The van der Waals surface area contributed by atoms with Gasteiger partial charge >= 0.3 is 5.97 Å². The summed E-state index contributed by atoms with van der Waals surface area (Å²) in [6, 6.07) is 22.1. The predicted molar refractivity (Wildman–Crippen MR) is 147 cm³/mol. The summed E-state index contributed by atoms with van der Waals surface area (Å²) in [6.45, 7) is 0.664. The van der Waals surface area contributed by atoms with E-state index in [1.165, 1.54) is 7.11 Å². The fourth-order valence-electron chi connectivity index (χ4n) is 3.98. The summed E-state index contributed by atoms with van der Waals surface area (Å²) in [4.78, 5) is 30.1. The van der Waals surface area contributed by atoms with Gasteiger partial charge in [-0.1, -0.05) is 42.5 Å². The number of thiocarbonyl (C=S) groups is 1. The number of nitrogens with zero attached hydrogens (tertiary/aromatic N) is 1. The highest BCUT2D eigenvalue weighted by Crippen LogP contribution is 2.31. The van der Waals surface area contributed by atoms with Crippen LogP contribution in [0.15, 0.2) is 77.6 Å². The first-order chi connectivity index (χ1) is 17.9. The standard InChI is InChI=1S/C28H27N3O5S/c1-34-24-14-19-13-20(26(32)29-23(19)15-25(24)35-2)17-31(16-18-9-5-4-6-10-18)28(37)30-22-12-8-7-11-21(22)27(33)36-3/h4-15H,16-17H2,1-3H3,(H,29,32)(H,30,37). The highest BCUT2D eigenvalue weighted by Gasteiger charge is 2.18. The molecule has 0 bridgehead atoms. The number of esters is 1. The minimum absolute atomic E-state index is 0.223. The van der Waals surface area contributed by atoms with E-state index in [0.29, 0.717) is 45.5 Å². The van der Waals surface area contributed by atoms with Crippen molar-refractivity contribution >= 4 is 39.9 Å². The molecule has 0 aliphatic carbocycles. The van der Waals surface area contributed by atoms with Crippen molar-refractivity contribution in [2.45, 2.75) is 13.1 Å². The quantitative estimate of drug-likeness (QED) is 0.256. The lowest BCUT2D eigenvalue weighted by molar-refractivity contribution is 0.0602. The molecule has 4 rings (SSSR count). The van der Waals surface area contributed by atoms with Crippen molar-refractivity contribution in [3.8, 4) is 11.5 Å². The zero-order valence-corrected chi connectivity index (χ0v) is 21.6. The molecule has 190 valence electrons. The van der Waals surface area contributed by atoms with Crippen LogP contribution in [0.5, 0.6) is 11.5 Å². The van der Waals surface area contributed by atoms with Crippen molar-refractivity contribution in [2.75, 3.05) is 26.6 Å². The van der Waals surface area contributed by atoms with E-state index in [1.807, 2.05) is 47.4 Å². The normalized spacial score (nSPS) is 10.6. The third-order valence-electron chi connectivity index (χ3n) is 5.86. The van der Waals surface area contributed by atoms with Gasteiger partial charge in [-0.05, 0) is 42.0 Å². The average molecular weight is 518 g/mol. The highest BCUT2D eigenvalue weighted by molar-refractivity contribution is 7.80. The Morgan fingerprint density at radius 2 is 1.59 bits per heavy atom. The van der Waals surface area contributed by atoms with E-state index >= 15 is 0 Å². The summed E-state index contributed by atoms with van der Waals surface area (Å²) in [5.74, 6) is 0.611. The number of methoxy groups -OCH3 is 3. The molecule has 4 aromatic rings. The Morgan fingerprint density at radius 1 is 0.919 bits per heavy atom. The summed E-state index contributed by atoms with van der Waals surface area (Å²) in [5.41, 5.74) is 2.79. The Balaban J connectivity index is 1.69. The second-order valence-electron chi connectivity index (χ2n) is 8.23. The Labute approximate surface area is 219 Å². The number of rotatable bonds is 8. The van der Waals surface area contributed by atoms with Gasteiger partial charge < -0.3 is 29.4 Å². The largest absolute Gasteiger partial charge is 0.493 e. The lowest BCUT2D eigenvalue weighted by Crippen LogP contribution is -2.36.